The Hall–Kier alpha value is -0.200. The van der Waals surface area contributed by atoms with Crippen molar-refractivity contribution in [3.8, 4) is 0 Å². The smallest absolute Gasteiger partial charge is 0.232 e. The van der Waals surface area contributed by atoms with E-state index < -0.39 is 0 Å². The van der Waals surface area contributed by atoms with E-state index in [0.29, 0.717) is 12.0 Å². The first-order chi connectivity index (χ1) is 9.86. The van der Waals surface area contributed by atoms with Crippen molar-refractivity contribution in [2.45, 2.75) is 55.6 Å². The van der Waals surface area contributed by atoms with Crippen LogP contribution in [-0.2, 0) is 5.75 Å². The summed E-state index contributed by atoms with van der Waals surface area (Å²) >= 11 is 3.97. The number of hydrogen-bond donors (Lipinski definition) is 1. The van der Waals surface area contributed by atoms with Gasteiger partial charge in [0.05, 0.1) is 11.7 Å². The third-order valence-electron chi connectivity index (χ3n) is 4.10. The Kier molecular flexibility index (Phi) is 5.29. The van der Waals surface area contributed by atoms with Gasteiger partial charge in [0.1, 0.15) is 0 Å². The predicted molar refractivity (Wildman–Crippen MR) is 85.4 cm³/mol. The van der Waals surface area contributed by atoms with Gasteiger partial charge >= 0.3 is 0 Å². The van der Waals surface area contributed by atoms with E-state index in [1.54, 1.807) is 0 Å². The zero-order chi connectivity index (χ0) is 13.8. The Bertz CT molecular complexity index is 420. The molecule has 2 heterocycles. The van der Waals surface area contributed by atoms with Crippen LogP contribution in [0.2, 0.25) is 0 Å². The van der Waals surface area contributed by atoms with E-state index in [9.17, 15) is 0 Å². The highest BCUT2D eigenvalue weighted by atomic mass is 32.2. The topological polar surface area (TPSA) is 51.0 Å². The largest absolute Gasteiger partial charge is 0.339 e. The van der Waals surface area contributed by atoms with E-state index in [0.717, 1.165) is 40.8 Å². The van der Waals surface area contributed by atoms with Crippen molar-refractivity contribution in [1.29, 1.82) is 0 Å². The summed E-state index contributed by atoms with van der Waals surface area (Å²) in [7, 11) is 0. The number of aromatic nitrogens is 2. The first-order valence-electron chi connectivity index (χ1n) is 7.62. The molecule has 1 saturated carbocycles. The van der Waals surface area contributed by atoms with Crippen LogP contribution in [0.5, 0.6) is 0 Å². The molecule has 1 saturated heterocycles. The fraction of sp³-hybridized carbons (Fsp3) is 0.857. The van der Waals surface area contributed by atoms with E-state index >= 15 is 0 Å². The van der Waals surface area contributed by atoms with E-state index in [-0.39, 0.29) is 0 Å². The van der Waals surface area contributed by atoms with Gasteiger partial charge in [-0.1, -0.05) is 24.9 Å². The Morgan fingerprint density at radius 2 is 2.20 bits per heavy atom. The van der Waals surface area contributed by atoms with Crippen LogP contribution in [0.25, 0.3) is 0 Å². The minimum absolute atomic E-state index is 0.387. The second-order valence-corrected chi connectivity index (χ2v) is 7.94. The number of hydrogen-bond acceptors (Lipinski definition) is 6. The molecule has 0 radical (unpaired) electrons. The molecule has 1 aliphatic heterocycles. The molecule has 0 aromatic carbocycles. The molecule has 4 nitrogen and oxygen atoms in total. The minimum atomic E-state index is 0.387. The van der Waals surface area contributed by atoms with E-state index in [2.05, 4.69) is 22.4 Å². The number of nitrogens with zero attached hydrogens (tertiary/aromatic N) is 2. The fourth-order valence-corrected chi connectivity index (χ4v) is 5.52. The highest BCUT2D eigenvalue weighted by molar-refractivity contribution is 7.99. The normalized spacial score (nSPS) is 27.4. The Morgan fingerprint density at radius 3 is 3.00 bits per heavy atom. The van der Waals surface area contributed by atoms with Gasteiger partial charge < -0.3 is 9.84 Å². The van der Waals surface area contributed by atoms with Gasteiger partial charge in [-0.15, -0.1) is 0 Å². The molecule has 2 fully saturated rings. The molecule has 6 heteroatoms. The SMILES string of the molecule is CCNC1CSCC1c1nc(CSC2CCCC2)no1. The third-order valence-corrected chi connectivity index (χ3v) is 6.66. The molecule has 20 heavy (non-hydrogen) atoms. The van der Waals surface area contributed by atoms with Gasteiger partial charge in [-0.25, -0.2) is 0 Å². The number of nitrogens with one attached hydrogen (secondary N) is 1. The highest BCUT2D eigenvalue weighted by Gasteiger charge is 2.32. The van der Waals surface area contributed by atoms with Crippen LogP contribution in [-0.4, -0.2) is 39.5 Å². The van der Waals surface area contributed by atoms with E-state index in [1.165, 1.54) is 25.7 Å². The maximum Gasteiger partial charge on any atom is 0.232 e. The van der Waals surface area contributed by atoms with Gasteiger partial charge in [0.25, 0.3) is 0 Å². The lowest BCUT2D eigenvalue weighted by molar-refractivity contribution is 0.338. The molecule has 2 aliphatic rings. The highest BCUT2D eigenvalue weighted by Crippen LogP contribution is 2.33. The van der Waals surface area contributed by atoms with Crippen LogP contribution in [0, 0.1) is 0 Å². The maximum absolute atomic E-state index is 5.51. The number of thioether (sulfide) groups is 2. The minimum Gasteiger partial charge on any atom is -0.339 e. The molecule has 1 aromatic rings. The molecule has 0 amide bonds. The summed E-state index contributed by atoms with van der Waals surface area (Å²) in [6.07, 6.45) is 5.49. The van der Waals surface area contributed by atoms with Crippen molar-refractivity contribution in [1.82, 2.24) is 15.5 Å². The molecular weight excluding hydrogens is 290 g/mol. The zero-order valence-electron chi connectivity index (χ0n) is 12.0. The molecule has 1 N–H and O–H groups in total. The predicted octanol–water partition coefficient (Wildman–Crippen LogP) is 3.05. The van der Waals surface area contributed by atoms with Crippen molar-refractivity contribution in [2.24, 2.45) is 0 Å². The molecule has 1 aromatic heterocycles. The lowest BCUT2D eigenvalue weighted by Crippen LogP contribution is -2.34. The van der Waals surface area contributed by atoms with Gasteiger partial charge in [-0.05, 0) is 19.4 Å². The molecule has 112 valence electrons. The quantitative estimate of drug-likeness (QED) is 0.871. The number of likely N-dealkylation sites (N-methyl/N-ethyl adjacent to an activating group) is 1. The number of rotatable bonds is 6. The van der Waals surface area contributed by atoms with Gasteiger partial charge in [0.2, 0.25) is 5.89 Å². The fourth-order valence-electron chi connectivity index (χ4n) is 2.99. The lowest BCUT2D eigenvalue weighted by Gasteiger charge is -2.15. The molecular formula is C14H23N3OS2. The van der Waals surface area contributed by atoms with Crippen molar-refractivity contribution in [3.05, 3.63) is 11.7 Å². The summed E-state index contributed by atoms with van der Waals surface area (Å²) in [4.78, 5) is 4.63. The first-order valence-corrected chi connectivity index (χ1v) is 9.82. The van der Waals surface area contributed by atoms with Crippen LogP contribution < -0.4 is 5.32 Å². The van der Waals surface area contributed by atoms with Crippen LogP contribution in [0.3, 0.4) is 0 Å². The Morgan fingerprint density at radius 1 is 1.35 bits per heavy atom. The van der Waals surface area contributed by atoms with Gasteiger partial charge in [-0.3, -0.25) is 0 Å². The molecule has 3 rings (SSSR count). The van der Waals surface area contributed by atoms with E-state index in [4.69, 9.17) is 4.52 Å². The summed E-state index contributed by atoms with van der Waals surface area (Å²) < 4.78 is 5.51. The molecule has 2 atom stereocenters. The summed E-state index contributed by atoms with van der Waals surface area (Å²) in [5, 5.41) is 8.51. The van der Waals surface area contributed by atoms with Crippen LogP contribution in [0.4, 0.5) is 0 Å². The van der Waals surface area contributed by atoms with E-state index in [1.807, 2.05) is 23.5 Å². The Labute approximate surface area is 129 Å². The summed E-state index contributed by atoms with van der Waals surface area (Å²) in [5.74, 6) is 5.24. The first kappa shape index (κ1) is 14.7. The standard InChI is InChI=1S/C14H23N3OS2/c1-2-15-12-8-19-7-11(12)14-16-13(17-18-14)9-20-10-5-3-4-6-10/h10-12,15H,2-9H2,1H3. The third kappa shape index (κ3) is 3.52. The summed E-state index contributed by atoms with van der Waals surface area (Å²) in [5.41, 5.74) is 0. The van der Waals surface area contributed by atoms with Crippen molar-refractivity contribution < 1.29 is 4.52 Å². The van der Waals surface area contributed by atoms with Gasteiger partial charge in [0.15, 0.2) is 5.82 Å². The van der Waals surface area contributed by atoms with Gasteiger partial charge in [0, 0.05) is 22.8 Å². The zero-order valence-corrected chi connectivity index (χ0v) is 13.6. The lowest BCUT2D eigenvalue weighted by atomic mass is 10.0. The molecule has 1 aliphatic carbocycles. The van der Waals surface area contributed by atoms with Gasteiger partial charge in [-0.2, -0.15) is 28.5 Å². The average Bonchev–Trinajstić information content (AvgIpc) is 3.18. The molecule has 2 unspecified atom stereocenters. The maximum atomic E-state index is 5.51. The summed E-state index contributed by atoms with van der Waals surface area (Å²) in [6.45, 7) is 3.15. The molecule has 0 spiro atoms. The van der Waals surface area contributed by atoms with Crippen LogP contribution >= 0.6 is 23.5 Å². The summed E-state index contributed by atoms with van der Waals surface area (Å²) in [6, 6.07) is 0.487. The Balaban J connectivity index is 1.55. The average molecular weight is 313 g/mol. The second kappa shape index (κ2) is 7.18. The van der Waals surface area contributed by atoms with Crippen LogP contribution in [0.1, 0.15) is 50.2 Å². The van der Waals surface area contributed by atoms with Crippen molar-refractivity contribution in [2.75, 3.05) is 18.1 Å². The van der Waals surface area contributed by atoms with Crippen molar-refractivity contribution >= 4 is 23.5 Å². The van der Waals surface area contributed by atoms with Crippen molar-refractivity contribution in [3.63, 3.8) is 0 Å². The molecule has 0 bridgehead atoms. The van der Waals surface area contributed by atoms with Crippen LogP contribution in [0.15, 0.2) is 4.52 Å². The second-order valence-electron chi connectivity index (χ2n) is 5.57. The monoisotopic (exact) mass is 313 g/mol.